The Balaban J connectivity index is 1.72. The molecule has 2 heteroatoms. The maximum Gasteiger partial charge on any atom is 0.150 e. The van der Waals surface area contributed by atoms with Gasteiger partial charge < -0.3 is 4.90 Å². The van der Waals surface area contributed by atoms with Gasteiger partial charge in [0, 0.05) is 28.0 Å². The quantitative estimate of drug-likeness (QED) is 0.277. The summed E-state index contributed by atoms with van der Waals surface area (Å²) in [6.45, 7) is 8.77. The zero-order valence-corrected chi connectivity index (χ0v) is 20.4. The first kappa shape index (κ1) is 22.2. The summed E-state index contributed by atoms with van der Waals surface area (Å²) >= 11 is 0. The van der Waals surface area contributed by atoms with Gasteiger partial charge in [0.2, 0.25) is 0 Å². The van der Waals surface area contributed by atoms with E-state index in [-0.39, 0.29) is 5.41 Å². The van der Waals surface area contributed by atoms with Crippen molar-refractivity contribution in [1.82, 2.24) is 0 Å². The number of rotatable bonds is 6. The Morgan fingerprint density at radius 3 is 1.62 bits per heavy atom. The van der Waals surface area contributed by atoms with Gasteiger partial charge in [0.1, 0.15) is 6.29 Å². The average molecular weight is 446 g/mol. The highest BCUT2D eigenvalue weighted by molar-refractivity contribution is 5.88. The highest BCUT2D eigenvalue weighted by atomic mass is 16.1. The molecule has 0 radical (unpaired) electrons. The number of aryl methyl sites for hydroxylation is 2. The number of carbonyl (C=O) groups is 1. The van der Waals surface area contributed by atoms with Crippen molar-refractivity contribution in [1.29, 1.82) is 0 Å². The minimum atomic E-state index is -0.0914. The molecule has 5 rings (SSSR count). The molecule has 1 aliphatic carbocycles. The lowest BCUT2D eigenvalue weighted by atomic mass is 9.73. The number of nitrogens with zero attached hydrogens (tertiary/aromatic N) is 1. The Kier molecular flexibility index (Phi) is 5.61. The van der Waals surface area contributed by atoms with E-state index in [9.17, 15) is 4.79 Å². The van der Waals surface area contributed by atoms with Gasteiger partial charge in [-0.1, -0.05) is 67.4 Å². The molecule has 34 heavy (non-hydrogen) atoms. The van der Waals surface area contributed by atoms with E-state index >= 15 is 0 Å². The Labute approximate surface area is 202 Å². The zero-order chi connectivity index (χ0) is 23.9. The van der Waals surface area contributed by atoms with Crippen molar-refractivity contribution in [2.75, 3.05) is 4.90 Å². The van der Waals surface area contributed by atoms with Crippen molar-refractivity contribution in [2.24, 2.45) is 0 Å². The second kappa shape index (κ2) is 8.61. The van der Waals surface area contributed by atoms with Crippen LogP contribution in [0.2, 0.25) is 0 Å². The summed E-state index contributed by atoms with van der Waals surface area (Å²) in [6, 6.07) is 30.5. The topological polar surface area (TPSA) is 20.3 Å². The normalized spacial score (nSPS) is 13.3. The first-order valence-electron chi connectivity index (χ1n) is 12.2. The summed E-state index contributed by atoms with van der Waals surface area (Å²) in [7, 11) is 0. The van der Waals surface area contributed by atoms with Crippen LogP contribution in [0.5, 0.6) is 0 Å². The third kappa shape index (κ3) is 3.45. The Hall–Kier alpha value is -3.65. The number of anilines is 3. The Bertz CT molecular complexity index is 1300. The molecule has 0 saturated carbocycles. The van der Waals surface area contributed by atoms with E-state index in [4.69, 9.17) is 0 Å². The van der Waals surface area contributed by atoms with Crippen LogP contribution in [0, 0.1) is 13.8 Å². The van der Waals surface area contributed by atoms with Gasteiger partial charge >= 0.3 is 0 Å². The summed E-state index contributed by atoms with van der Waals surface area (Å²) in [6.07, 6.45) is 2.94. The number of hydrogen-bond donors (Lipinski definition) is 0. The van der Waals surface area contributed by atoms with Crippen LogP contribution in [0.15, 0.2) is 84.9 Å². The predicted octanol–water partition coefficient (Wildman–Crippen LogP) is 8.67. The summed E-state index contributed by atoms with van der Waals surface area (Å²) in [5, 5.41) is 0. The molecule has 0 bridgehead atoms. The van der Waals surface area contributed by atoms with Crippen LogP contribution in [0.25, 0.3) is 11.1 Å². The second-order valence-electron chi connectivity index (χ2n) is 9.45. The van der Waals surface area contributed by atoms with Crippen molar-refractivity contribution in [3.63, 3.8) is 0 Å². The van der Waals surface area contributed by atoms with E-state index in [0.717, 1.165) is 41.8 Å². The summed E-state index contributed by atoms with van der Waals surface area (Å²) in [5.41, 5.74) is 11.8. The zero-order valence-electron chi connectivity index (χ0n) is 20.4. The fourth-order valence-electron chi connectivity index (χ4n) is 5.56. The molecule has 0 fully saturated rings. The van der Waals surface area contributed by atoms with Crippen molar-refractivity contribution in [3.05, 3.63) is 113 Å². The van der Waals surface area contributed by atoms with Gasteiger partial charge in [0.15, 0.2) is 0 Å². The first-order chi connectivity index (χ1) is 16.5. The van der Waals surface area contributed by atoms with Crippen LogP contribution in [0.1, 0.15) is 59.3 Å². The molecular weight excluding hydrogens is 414 g/mol. The van der Waals surface area contributed by atoms with E-state index in [0.29, 0.717) is 0 Å². The van der Waals surface area contributed by atoms with Gasteiger partial charge in [-0.15, -0.1) is 0 Å². The largest absolute Gasteiger partial charge is 0.310 e. The summed E-state index contributed by atoms with van der Waals surface area (Å²) in [4.78, 5) is 13.9. The number of aldehydes is 1. The fourth-order valence-corrected chi connectivity index (χ4v) is 5.56. The van der Waals surface area contributed by atoms with Crippen molar-refractivity contribution in [3.8, 4) is 11.1 Å². The third-order valence-electron chi connectivity index (χ3n) is 7.55. The number of fused-ring (bicyclic) bond motifs is 3. The lowest BCUT2D eigenvalue weighted by molar-refractivity contribution is 0.112. The molecular formula is C32H31NO. The summed E-state index contributed by atoms with van der Waals surface area (Å²) in [5.74, 6) is 0. The minimum absolute atomic E-state index is 0.0914. The molecule has 0 aliphatic heterocycles. The molecule has 0 N–H and O–H groups in total. The Morgan fingerprint density at radius 2 is 1.12 bits per heavy atom. The highest BCUT2D eigenvalue weighted by Crippen LogP contribution is 2.54. The van der Waals surface area contributed by atoms with E-state index in [2.05, 4.69) is 111 Å². The fraction of sp³-hybridized carbons (Fsp3) is 0.219. The lowest BCUT2D eigenvalue weighted by Crippen LogP contribution is -2.23. The van der Waals surface area contributed by atoms with Gasteiger partial charge in [0.25, 0.3) is 0 Å². The molecule has 4 aromatic carbocycles. The molecule has 4 aromatic rings. The average Bonchev–Trinajstić information content (AvgIpc) is 3.15. The number of benzene rings is 4. The summed E-state index contributed by atoms with van der Waals surface area (Å²) < 4.78 is 0. The number of hydrogen-bond acceptors (Lipinski definition) is 2. The molecule has 0 unspecified atom stereocenters. The van der Waals surface area contributed by atoms with E-state index < -0.39 is 0 Å². The minimum Gasteiger partial charge on any atom is -0.310 e. The van der Waals surface area contributed by atoms with Crippen molar-refractivity contribution < 1.29 is 4.79 Å². The Morgan fingerprint density at radius 1 is 0.647 bits per heavy atom. The van der Waals surface area contributed by atoms with Crippen LogP contribution in [0.4, 0.5) is 17.1 Å². The van der Waals surface area contributed by atoms with Gasteiger partial charge in [-0.25, -0.2) is 0 Å². The molecule has 2 nitrogen and oxygen atoms in total. The SMILES string of the molecule is CCC1(CC)c2cc(C=O)ccc2-c2ccc(N(c3ccc(C)cc3)c3ccc(C)cc3)cc21. The first-order valence-corrected chi connectivity index (χ1v) is 12.2. The molecule has 0 amide bonds. The van der Waals surface area contributed by atoms with Gasteiger partial charge in [-0.2, -0.15) is 0 Å². The molecule has 170 valence electrons. The molecule has 1 aliphatic rings. The lowest BCUT2D eigenvalue weighted by Gasteiger charge is -2.32. The van der Waals surface area contributed by atoms with Crippen LogP contribution in [0.3, 0.4) is 0 Å². The predicted molar refractivity (Wildman–Crippen MR) is 143 cm³/mol. The smallest absolute Gasteiger partial charge is 0.150 e. The van der Waals surface area contributed by atoms with E-state index in [1.165, 1.54) is 33.4 Å². The van der Waals surface area contributed by atoms with Crippen LogP contribution in [-0.4, -0.2) is 6.29 Å². The van der Waals surface area contributed by atoms with Crippen molar-refractivity contribution >= 4 is 23.3 Å². The van der Waals surface area contributed by atoms with Crippen molar-refractivity contribution in [2.45, 2.75) is 46.0 Å². The van der Waals surface area contributed by atoms with Gasteiger partial charge in [-0.3, -0.25) is 4.79 Å². The molecule has 0 spiro atoms. The molecule has 0 atom stereocenters. The second-order valence-corrected chi connectivity index (χ2v) is 9.45. The van der Waals surface area contributed by atoms with E-state index in [1.807, 2.05) is 6.07 Å². The number of carbonyl (C=O) groups excluding carboxylic acids is 1. The molecule has 0 saturated heterocycles. The monoisotopic (exact) mass is 445 g/mol. The van der Waals surface area contributed by atoms with Gasteiger partial charge in [-0.05, 0) is 91.4 Å². The standard InChI is InChI=1S/C32H31NO/c1-5-32(6-2)30-19-24(21-34)11-17-28(30)29-18-16-27(20-31(29)32)33(25-12-7-22(3)8-13-25)26-14-9-23(4)10-15-26/h7-21H,5-6H2,1-4H3. The van der Waals surface area contributed by atoms with Crippen LogP contribution >= 0.6 is 0 Å². The van der Waals surface area contributed by atoms with Crippen LogP contribution in [-0.2, 0) is 5.41 Å². The highest BCUT2D eigenvalue weighted by Gasteiger charge is 2.41. The molecule has 0 aromatic heterocycles. The third-order valence-corrected chi connectivity index (χ3v) is 7.55. The maximum absolute atomic E-state index is 11.6. The maximum atomic E-state index is 11.6. The van der Waals surface area contributed by atoms with Gasteiger partial charge in [0.05, 0.1) is 0 Å². The van der Waals surface area contributed by atoms with E-state index in [1.54, 1.807) is 0 Å². The van der Waals surface area contributed by atoms with Crippen LogP contribution < -0.4 is 4.90 Å². The molecule has 0 heterocycles.